The highest BCUT2D eigenvalue weighted by Crippen LogP contribution is 2.42. The average molecular weight is 270 g/mol. The molecule has 104 valence electrons. The molecule has 2 aliphatic heterocycles. The summed E-state index contributed by atoms with van der Waals surface area (Å²) in [6.07, 6.45) is 2.90. The minimum Gasteiger partial charge on any atom is -0.481 e. The van der Waals surface area contributed by atoms with E-state index < -0.39 is 5.97 Å². The maximum atomic E-state index is 11.3. The number of benzene rings is 1. The van der Waals surface area contributed by atoms with E-state index in [1.165, 1.54) is 5.56 Å². The molecule has 1 N–H and O–H groups in total. The zero-order valence-electron chi connectivity index (χ0n) is 11.5. The molecule has 2 fully saturated rings. The van der Waals surface area contributed by atoms with Crippen LogP contribution in [0.5, 0.6) is 0 Å². The highest BCUT2D eigenvalue weighted by molar-refractivity contribution is 5.71. The lowest BCUT2D eigenvalue weighted by Crippen LogP contribution is -2.32. The third kappa shape index (κ3) is 2.08. The summed E-state index contributed by atoms with van der Waals surface area (Å²) in [6.45, 7) is 2.82. The Morgan fingerprint density at radius 3 is 2.90 bits per heavy atom. The van der Waals surface area contributed by atoms with Gasteiger partial charge in [-0.3, -0.25) is 9.69 Å². The first kappa shape index (κ1) is 13.1. The van der Waals surface area contributed by atoms with Crippen molar-refractivity contribution in [1.82, 2.24) is 4.90 Å². The summed E-state index contributed by atoms with van der Waals surface area (Å²) in [6, 6.07) is 8.50. The molecule has 2 heterocycles. The summed E-state index contributed by atoms with van der Waals surface area (Å²) in [5.41, 5.74) is 2.99. The van der Waals surface area contributed by atoms with Gasteiger partial charge in [0.2, 0.25) is 0 Å². The third-order valence-corrected chi connectivity index (χ3v) is 4.82. The summed E-state index contributed by atoms with van der Waals surface area (Å²) in [4.78, 5) is 13.6. The number of aryl methyl sites for hydroxylation is 1. The Morgan fingerprint density at radius 1 is 1.50 bits per heavy atom. The molecule has 3 rings (SSSR count). The van der Waals surface area contributed by atoms with Crippen molar-refractivity contribution in [3.8, 4) is 6.07 Å². The maximum absolute atomic E-state index is 11.3. The molecule has 0 aliphatic carbocycles. The number of hydrogen-bond acceptors (Lipinski definition) is 3. The predicted molar refractivity (Wildman–Crippen MR) is 74.0 cm³/mol. The molecule has 1 aromatic rings. The van der Waals surface area contributed by atoms with Gasteiger partial charge in [-0.1, -0.05) is 6.07 Å². The first-order valence-corrected chi connectivity index (χ1v) is 7.08. The molecule has 0 saturated carbocycles. The summed E-state index contributed by atoms with van der Waals surface area (Å²) < 4.78 is 0. The first-order chi connectivity index (χ1) is 9.60. The highest BCUT2D eigenvalue weighted by atomic mass is 16.4. The molecule has 4 heteroatoms. The molecule has 0 aromatic heterocycles. The van der Waals surface area contributed by atoms with Crippen LogP contribution in [0, 0.1) is 24.2 Å². The number of nitriles is 1. The lowest BCUT2D eigenvalue weighted by molar-refractivity contribution is -0.142. The molecule has 3 unspecified atom stereocenters. The van der Waals surface area contributed by atoms with Gasteiger partial charge in [0.05, 0.1) is 17.6 Å². The summed E-state index contributed by atoms with van der Waals surface area (Å²) >= 11 is 0. The number of carboxylic acid groups (broad SMARTS) is 1. The van der Waals surface area contributed by atoms with Crippen LogP contribution < -0.4 is 0 Å². The fraction of sp³-hybridized carbons (Fsp3) is 0.500. The summed E-state index contributed by atoms with van der Waals surface area (Å²) in [5, 5.41) is 18.2. The van der Waals surface area contributed by atoms with Gasteiger partial charge in [0, 0.05) is 18.6 Å². The second-order valence-electron chi connectivity index (χ2n) is 5.90. The second-order valence-corrected chi connectivity index (χ2v) is 5.90. The number of carbonyl (C=O) groups is 1. The minimum atomic E-state index is -0.654. The number of nitrogens with zero attached hydrogens (tertiary/aromatic N) is 2. The van der Waals surface area contributed by atoms with Crippen LogP contribution in [0.25, 0.3) is 0 Å². The van der Waals surface area contributed by atoms with Crippen molar-refractivity contribution in [1.29, 1.82) is 5.26 Å². The number of hydrogen-bond donors (Lipinski definition) is 1. The Kier molecular flexibility index (Phi) is 3.23. The zero-order chi connectivity index (χ0) is 14.3. The smallest absolute Gasteiger partial charge is 0.308 e. The number of carboxylic acids is 1. The largest absolute Gasteiger partial charge is 0.481 e. The van der Waals surface area contributed by atoms with Gasteiger partial charge in [-0.15, -0.1) is 0 Å². The van der Waals surface area contributed by atoms with Crippen LogP contribution in [0.2, 0.25) is 0 Å². The summed E-state index contributed by atoms with van der Waals surface area (Å²) in [5.74, 6) is -0.855. The second kappa shape index (κ2) is 4.92. The Balaban J connectivity index is 1.79. The van der Waals surface area contributed by atoms with Gasteiger partial charge >= 0.3 is 5.97 Å². The van der Waals surface area contributed by atoms with Gasteiger partial charge in [-0.2, -0.15) is 5.26 Å². The molecule has 1 aromatic carbocycles. The van der Waals surface area contributed by atoms with E-state index in [9.17, 15) is 9.90 Å². The third-order valence-electron chi connectivity index (χ3n) is 4.82. The molecule has 2 bridgehead atoms. The normalized spacial score (nSPS) is 28.5. The van der Waals surface area contributed by atoms with Crippen LogP contribution in [-0.4, -0.2) is 28.1 Å². The molecule has 0 spiro atoms. The van der Waals surface area contributed by atoms with Crippen LogP contribution in [0.15, 0.2) is 18.2 Å². The first-order valence-electron chi connectivity index (χ1n) is 7.08. The minimum absolute atomic E-state index is 0.188. The topological polar surface area (TPSA) is 64.3 Å². The molecule has 0 radical (unpaired) electrons. The van der Waals surface area contributed by atoms with Crippen molar-refractivity contribution >= 4 is 5.97 Å². The van der Waals surface area contributed by atoms with Gasteiger partial charge in [-0.05, 0) is 49.4 Å². The van der Waals surface area contributed by atoms with Crippen molar-refractivity contribution in [3.05, 3.63) is 34.9 Å². The van der Waals surface area contributed by atoms with E-state index in [4.69, 9.17) is 5.26 Å². The Morgan fingerprint density at radius 2 is 2.30 bits per heavy atom. The van der Waals surface area contributed by atoms with E-state index in [0.717, 1.165) is 31.4 Å². The number of fused-ring (bicyclic) bond motifs is 2. The van der Waals surface area contributed by atoms with Crippen molar-refractivity contribution in [2.45, 2.75) is 44.8 Å². The van der Waals surface area contributed by atoms with Crippen LogP contribution in [0.3, 0.4) is 0 Å². The number of rotatable bonds is 3. The molecular weight excluding hydrogens is 252 g/mol. The van der Waals surface area contributed by atoms with Crippen LogP contribution in [0.1, 0.15) is 36.0 Å². The van der Waals surface area contributed by atoms with E-state index in [2.05, 4.69) is 11.0 Å². The van der Waals surface area contributed by atoms with Gasteiger partial charge in [0.1, 0.15) is 0 Å². The van der Waals surface area contributed by atoms with E-state index in [-0.39, 0.29) is 12.0 Å². The van der Waals surface area contributed by atoms with Crippen LogP contribution in [0.4, 0.5) is 0 Å². The van der Waals surface area contributed by atoms with E-state index >= 15 is 0 Å². The van der Waals surface area contributed by atoms with Gasteiger partial charge < -0.3 is 5.11 Å². The van der Waals surface area contributed by atoms with Gasteiger partial charge in [-0.25, -0.2) is 0 Å². The fourth-order valence-electron chi connectivity index (χ4n) is 3.75. The van der Waals surface area contributed by atoms with Crippen molar-refractivity contribution in [2.24, 2.45) is 5.92 Å². The van der Waals surface area contributed by atoms with E-state index in [1.54, 1.807) is 0 Å². The van der Waals surface area contributed by atoms with Crippen molar-refractivity contribution in [2.75, 3.05) is 0 Å². The monoisotopic (exact) mass is 270 g/mol. The maximum Gasteiger partial charge on any atom is 0.308 e. The quantitative estimate of drug-likeness (QED) is 0.915. The molecule has 3 atom stereocenters. The lowest BCUT2D eigenvalue weighted by atomic mass is 9.89. The zero-order valence-corrected chi connectivity index (χ0v) is 11.5. The number of aliphatic carboxylic acids is 1. The van der Waals surface area contributed by atoms with Gasteiger partial charge in [0.15, 0.2) is 0 Å². The Bertz CT molecular complexity index is 591. The standard InChI is InChI=1S/C16H18N2O2/c1-10-6-11(8-17)2-3-12(10)9-18-13-4-5-15(18)14(7-13)16(19)20/h2-3,6,13-15H,4-5,7,9H2,1H3,(H,19,20). The molecule has 4 nitrogen and oxygen atoms in total. The van der Waals surface area contributed by atoms with E-state index in [1.807, 2.05) is 25.1 Å². The Labute approximate surface area is 118 Å². The molecule has 2 saturated heterocycles. The average Bonchev–Trinajstić information content (AvgIpc) is 2.98. The Hall–Kier alpha value is -1.86. The fourth-order valence-corrected chi connectivity index (χ4v) is 3.75. The SMILES string of the molecule is Cc1cc(C#N)ccc1CN1C2CCC1C(C(=O)O)C2. The van der Waals surface area contributed by atoms with Crippen LogP contribution in [-0.2, 0) is 11.3 Å². The van der Waals surface area contributed by atoms with Crippen molar-refractivity contribution in [3.63, 3.8) is 0 Å². The van der Waals surface area contributed by atoms with Crippen LogP contribution >= 0.6 is 0 Å². The molecule has 2 aliphatic rings. The van der Waals surface area contributed by atoms with Gasteiger partial charge in [0.25, 0.3) is 0 Å². The van der Waals surface area contributed by atoms with Crippen molar-refractivity contribution < 1.29 is 9.90 Å². The highest BCUT2D eigenvalue weighted by Gasteiger charge is 2.48. The lowest BCUT2D eigenvalue weighted by Gasteiger charge is -2.23. The summed E-state index contributed by atoms with van der Waals surface area (Å²) in [7, 11) is 0. The predicted octanol–water partition coefficient (Wildman–Crippen LogP) is 2.30. The van der Waals surface area contributed by atoms with E-state index in [0.29, 0.717) is 11.6 Å². The molecule has 20 heavy (non-hydrogen) atoms. The molecular formula is C16H18N2O2. The molecule has 0 amide bonds.